The molecule has 1 aliphatic heterocycles. The maximum atomic E-state index is 14.4. The molecular formula is C23H23F2N3O5. The number of halogens is 2. The van der Waals surface area contributed by atoms with E-state index >= 15 is 0 Å². The van der Waals surface area contributed by atoms with Crippen molar-refractivity contribution in [1.82, 2.24) is 9.97 Å². The van der Waals surface area contributed by atoms with Crippen LogP contribution < -0.4 is 24.3 Å². The lowest BCUT2D eigenvalue weighted by Crippen LogP contribution is -2.38. The van der Waals surface area contributed by atoms with Gasteiger partial charge in [0.05, 0.1) is 45.4 Å². The number of hydrogen-bond acceptors (Lipinski definition) is 8. The number of ether oxygens (including phenoxy) is 5. The number of aryl methyl sites for hydroxylation is 1. The second kappa shape index (κ2) is 9.86. The number of nitrogens with one attached hydrogen (secondary N) is 1. The Hall–Kier alpha value is -3.66. The Morgan fingerprint density at radius 1 is 1.00 bits per heavy atom. The van der Waals surface area contributed by atoms with Gasteiger partial charge in [0.25, 0.3) is 0 Å². The number of benzene rings is 2. The second-order valence-electron chi connectivity index (χ2n) is 7.30. The van der Waals surface area contributed by atoms with Crippen LogP contribution in [0.15, 0.2) is 36.7 Å². The molecule has 4 rings (SSSR count). The van der Waals surface area contributed by atoms with Crippen molar-refractivity contribution in [2.24, 2.45) is 0 Å². The van der Waals surface area contributed by atoms with Crippen molar-refractivity contribution in [3.05, 3.63) is 59.4 Å². The van der Waals surface area contributed by atoms with Crippen molar-refractivity contribution in [2.75, 3.05) is 32.8 Å². The number of aromatic nitrogens is 2. The van der Waals surface area contributed by atoms with E-state index in [9.17, 15) is 8.78 Å². The Kier molecular flexibility index (Phi) is 6.74. The minimum absolute atomic E-state index is 0.0245. The van der Waals surface area contributed by atoms with Gasteiger partial charge in [-0.05, 0) is 30.7 Å². The first kappa shape index (κ1) is 22.5. The lowest BCUT2D eigenvalue weighted by Gasteiger charge is -2.27. The molecule has 174 valence electrons. The molecule has 1 fully saturated rings. The van der Waals surface area contributed by atoms with Crippen molar-refractivity contribution < 1.29 is 32.5 Å². The minimum atomic E-state index is -0.800. The molecule has 1 N–H and O–H groups in total. The van der Waals surface area contributed by atoms with Gasteiger partial charge in [-0.25, -0.2) is 18.7 Å². The molecule has 2 heterocycles. The van der Waals surface area contributed by atoms with E-state index in [2.05, 4.69) is 15.3 Å². The highest BCUT2D eigenvalue weighted by molar-refractivity contribution is 5.59. The van der Waals surface area contributed by atoms with Crippen molar-refractivity contribution in [3.8, 4) is 23.0 Å². The molecule has 1 saturated heterocycles. The third-order valence-corrected chi connectivity index (χ3v) is 4.99. The molecule has 0 saturated carbocycles. The topological polar surface area (TPSA) is 84.0 Å². The highest BCUT2D eigenvalue weighted by Crippen LogP contribution is 2.33. The smallest absolute Gasteiger partial charge is 0.227 e. The summed E-state index contributed by atoms with van der Waals surface area (Å²) in [5.74, 6) is 0.211. The average Bonchev–Trinajstić information content (AvgIpc) is 2.80. The molecular weight excluding hydrogens is 436 g/mol. The van der Waals surface area contributed by atoms with E-state index in [1.807, 2.05) is 6.07 Å². The summed E-state index contributed by atoms with van der Waals surface area (Å²) in [5.41, 5.74) is 0.723. The summed E-state index contributed by atoms with van der Waals surface area (Å²) in [6, 6.07) is 6.66. The quantitative estimate of drug-likeness (QED) is 0.510. The van der Waals surface area contributed by atoms with Crippen molar-refractivity contribution in [3.63, 3.8) is 0 Å². The highest BCUT2D eigenvalue weighted by atomic mass is 19.1. The van der Waals surface area contributed by atoms with Crippen LogP contribution in [0.2, 0.25) is 0 Å². The fraction of sp³-hybridized carbons (Fsp3) is 0.304. The molecule has 0 unspecified atom stereocenters. The van der Waals surface area contributed by atoms with Gasteiger partial charge in [-0.15, -0.1) is 0 Å². The Bertz CT molecular complexity index is 1120. The summed E-state index contributed by atoms with van der Waals surface area (Å²) in [6.45, 7) is 2.31. The van der Waals surface area contributed by atoms with E-state index in [-0.39, 0.29) is 35.3 Å². The normalized spacial score (nSPS) is 13.2. The third-order valence-electron chi connectivity index (χ3n) is 4.99. The summed E-state index contributed by atoms with van der Waals surface area (Å²) >= 11 is 0. The van der Waals surface area contributed by atoms with E-state index in [1.54, 1.807) is 19.2 Å². The van der Waals surface area contributed by atoms with E-state index in [0.717, 1.165) is 0 Å². The van der Waals surface area contributed by atoms with E-state index in [0.29, 0.717) is 36.3 Å². The monoisotopic (exact) mass is 459 g/mol. The number of hydrogen-bond donors (Lipinski definition) is 1. The van der Waals surface area contributed by atoms with Crippen molar-refractivity contribution >= 4 is 11.6 Å². The number of anilines is 2. The first-order valence-electron chi connectivity index (χ1n) is 10.1. The van der Waals surface area contributed by atoms with Crippen LogP contribution in [0, 0.1) is 18.6 Å². The van der Waals surface area contributed by atoms with Crippen LogP contribution >= 0.6 is 0 Å². The summed E-state index contributed by atoms with van der Waals surface area (Å²) in [7, 11) is 2.88. The largest absolute Gasteiger partial charge is 0.494 e. The van der Waals surface area contributed by atoms with Crippen LogP contribution in [0.3, 0.4) is 0 Å². The molecule has 0 bridgehead atoms. The average molecular weight is 459 g/mol. The SMILES string of the molecule is COc1cc(Nc2ncc(OCc3c(F)c(C)cc(OC)c3F)cn2)ccc1OC1COC1. The van der Waals surface area contributed by atoms with Gasteiger partial charge in [0.2, 0.25) is 5.95 Å². The van der Waals surface area contributed by atoms with Crippen molar-refractivity contribution in [2.45, 2.75) is 19.6 Å². The Balaban J connectivity index is 1.40. The second-order valence-corrected chi connectivity index (χ2v) is 7.30. The maximum absolute atomic E-state index is 14.4. The van der Waals surface area contributed by atoms with Gasteiger partial charge >= 0.3 is 0 Å². The molecule has 2 aromatic carbocycles. The molecule has 0 aliphatic carbocycles. The van der Waals surface area contributed by atoms with Crippen LogP contribution in [0.4, 0.5) is 20.4 Å². The molecule has 0 spiro atoms. The van der Waals surface area contributed by atoms with Gasteiger partial charge < -0.3 is 29.0 Å². The van der Waals surface area contributed by atoms with Gasteiger partial charge in [0.1, 0.15) is 18.5 Å². The van der Waals surface area contributed by atoms with Crippen molar-refractivity contribution in [1.29, 1.82) is 0 Å². The molecule has 1 aliphatic rings. The zero-order chi connectivity index (χ0) is 23.4. The lowest BCUT2D eigenvalue weighted by atomic mass is 10.1. The molecule has 0 amide bonds. The standard InChI is InChI=1S/C23H23F2N3O5/c1-13-6-20(30-3)22(25)17(21(13)24)12-32-15-8-26-23(27-9-15)28-14-4-5-18(19(7-14)29-2)33-16-10-31-11-16/h4-9,16H,10-12H2,1-3H3,(H,26,27,28). The number of rotatable bonds is 9. The van der Waals surface area contributed by atoms with Crippen LogP contribution in [0.25, 0.3) is 0 Å². The van der Waals surface area contributed by atoms with Gasteiger partial charge in [0.15, 0.2) is 28.8 Å². The Morgan fingerprint density at radius 2 is 1.73 bits per heavy atom. The van der Waals surface area contributed by atoms with Gasteiger partial charge in [-0.1, -0.05) is 0 Å². The van der Waals surface area contributed by atoms with Gasteiger partial charge in [0, 0.05) is 11.8 Å². The minimum Gasteiger partial charge on any atom is -0.494 e. The predicted molar refractivity (Wildman–Crippen MR) is 116 cm³/mol. The Morgan fingerprint density at radius 3 is 2.36 bits per heavy atom. The van der Waals surface area contributed by atoms with Gasteiger partial charge in [-0.3, -0.25) is 0 Å². The molecule has 1 aromatic heterocycles. The molecule has 33 heavy (non-hydrogen) atoms. The van der Waals surface area contributed by atoms with Crippen LogP contribution in [-0.2, 0) is 11.3 Å². The molecule has 8 nitrogen and oxygen atoms in total. The summed E-state index contributed by atoms with van der Waals surface area (Å²) < 4.78 is 55.5. The van der Waals surface area contributed by atoms with Crippen LogP contribution in [-0.4, -0.2) is 43.5 Å². The maximum Gasteiger partial charge on any atom is 0.227 e. The van der Waals surface area contributed by atoms with E-state index in [4.69, 9.17) is 23.7 Å². The fourth-order valence-corrected chi connectivity index (χ4v) is 3.13. The zero-order valence-electron chi connectivity index (χ0n) is 18.4. The van der Waals surface area contributed by atoms with Crippen LogP contribution in [0.5, 0.6) is 23.0 Å². The van der Waals surface area contributed by atoms with E-state index < -0.39 is 11.6 Å². The lowest BCUT2D eigenvalue weighted by molar-refractivity contribution is -0.0803. The summed E-state index contributed by atoms with van der Waals surface area (Å²) in [6.07, 6.45) is 2.84. The summed E-state index contributed by atoms with van der Waals surface area (Å²) in [5, 5.41) is 3.05. The number of methoxy groups -OCH3 is 2. The number of nitrogens with zero attached hydrogens (tertiary/aromatic N) is 2. The highest BCUT2D eigenvalue weighted by Gasteiger charge is 2.22. The van der Waals surface area contributed by atoms with Crippen LogP contribution in [0.1, 0.15) is 11.1 Å². The molecule has 10 heteroatoms. The first-order chi connectivity index (χ1) is 16.0. The van der Waals surface area contributed by atoms with E-state index in [1.165, 1.54) is 32.5 Å². The third kappa shape index (κ3) is 5.06. The Labute approximate surface area is 189 Å². The van der Waals surface area contributed by atoms with Gasteiger partial charge in [-0.2, -0.15) is 0 Å². The first-order valence-corrected chi connectivity index (χ1v) is 10.1. The summed E-state index contributed by atoms with van der Waals surface area (Å²) in [4.78, 5) is 8.37. The molecule has 3 aromatic rings. The fourth-order valence-electron chi connectivity index (χ4n) is 3.13. The zero-order valence-corrected chi connectivity index (χ0v) is 18.4. The predicted octanol–water partition coefficient (Wildman–Crippen LogP) is 4.18. The molecule has 0 atom stereocenters. The molecule has 0 radical (unpaired) electrons.